The van der Waals surface area contributed by atoms with E-state index < -0.39 is 10.0 Å². The third-order valence-electron chi connectivity index (χ3n) is 2.42. The van der Waals surface area contributed by atoms with E-state index in [4.69, 9.17) is 0 Å². The molecule has 0 spiro atoms. The van der Waals surface area contributed by atoms with Gasteiger partial charge in [0.05, 0.1) is 5.69 Å². The molecule has 5 nitrogen and oxygen atoms in total. The molecule has 0 bridgehead atoms. The Balaban J connectivity index is 2.38. The topological polar surface area (TPSA) is 71.1 Å². The van der Waals surface area contributed by atoms with E-state index in [0.717, 1.165) is 4.47 Å². The molecule has 2 rings (SSSR count). The fourth-order valence-electron chi connectivity index (χ4n) is 1.56. The second-order valence-electron chi connectivity index (χ2n) is 3.74. The third kappa shape index (κ3) is 3.24. The number of pyridine rings is 1. The van der Waals surface area contributed by atoms with E-state index in [-0.39, 0.29) is 4.90 Å². The minimum absolute atomic E-state index is 0.109. The smallest absolute Gasteiger partial charge is 0.265 e. The van der Waals surface area contributed by atoms with Crippen molar-refractivity contribution in [3.63, 3.8) is 0 Å². The van der Waals surface area contributed by atoms with Crippen LogP contribution in [0.3, 0.4) is 0 Å². The van der Waals surface area contributed by atoms with Crippen LogP contribution in [0.4, 0.5) is 11.4 Å². The number of benzene rings is 1. The van der Waals surface area contributed by atoms with Gasteiger partial charge in [-0.1, -0.05) is 22.0 Å². The minimum Gasteiger partial charge on any atom is -0.387 e. The predicted octanol–water partition coefficient (Wildman–Crippen LogP) is 2.69. The zero-order chi connectivity index (χ0) is 13.9. The van der Waals surface area contributed by atoms with Crippen molar-refractivity contribution in [2.45, 2.75) is 4.90 Å². The van der Waals surface area contributed by atoms with Gasteiger partial charge in [0, 0.05) is 29.6 Å². The molecule has 0 atom stereocenters. The summed E-state index contributed by atoms with van der Waals surface area (Å²) in [4.78, 5) is 3.96. The van der Waals surface area contributed by atoms with Crippen LogP contribution in [0.2, 0.25) is 0 Å². The number of anilines is 2. The SMILES string of the molecule is CNc1ccncc1S(=O)(=O)Nc1cccc(Br)c1. The van der Waals surface area contributed by atoms with E-state index in [9.17, 15) is 8.42 Å². The van der Waals surface area contributed by atoms with Gasteiger partial charge in [-0.3, -0.25) is 9.71 Å². The molecule has 1 heterocycles. The van der Waals surface area contributed by atoms with Crippen LogP contribution in [0.1, 0.15) is 0 Å². The summed E-state index contributed by atoms with van der Waals surface area (Å²) in [6.45, 7) is 0. The van der Waals surface area contributed by atoms with Crippen LogP contribution < -0.4 is 10.0 Å². The molecule has 0 radical (unpaired) electrons. The van der Waals surface area contributed by atoms with Crippen molar-refractivity contribution in [1.82, 2.24) is 4.98 Å². The molecule has 0 aliphatic carbocycles. The summed E-state index contributed by atoms with van der Waals surface area (Å²) < 4.78 is 27.9. The van der Waals surface area contributed by atoms with Crippen LogP contribution in [0.5, 0.6) is 0 Å². The average molecular weight is 342 g/mol. The van der Waals surface area contributed by atoms with Gasteiger partial charge in [-0.05, 0) is 24.3 Å². The second-order valence-corrected chi connectivity index (χ2v) is 6.30. The molecule has 0 amide bonds. The lowest BCUT2D eigenvalue weighted by Gasteiger charge is -2.11. The van der Waals surface area contributed by atoms with Gasteiger partial charge < -0.3 is 5.32 Å². The largest absolute Gasteiger partial charge is 0.387 e. The van der Waals surface area contributed by atoms with Gasteiger partial charge in [-0.2, -0.15) is 0 Å². The molecule has 0 unspecified atom stereocenters. The summed E-state index contributed by atoms with van der Waals surface area (Å²) in [6.07, 6.45) is 2.84. The van der Waals surface area contributed by atoms with Crippen molar-refractivity contribution in [1.29, 1.82) is 0 Å². The lowest BCUT2D eigenvalue weighted by Crippen LogP contribution is -2.15. The lowest BCUT2D eigenvalue weighted by atomic mass is 10.3. The van der Waals surface area contributed by atoms with Gasteiger partial charge in [-0.15, -0.1) is 0 Å². The number of nitrogens with zero attached hydrogens (tertiary/aromatic N) is 1. The van der Waals surface area contributed by atoms with Gasteiger partial charge in [0.1, 0.15) is 4.90 Å². The number of rotatable bonds is 4. The summed E-state index contributed by atoms with van der Waals surface area (Å²) in [6, 6.07) is 8.55. The summed E-state index contributed by atoms with van der Waals surface area (Å²) in [5.74, 6) is 0. The second kappa shape index (κ2) is 5.58. The Labute approximate surface area is 120 Å². The van der Waals surface area contributed by atoms with Gasteiger partial charge in [0.2, 0.25) is 0 Å². The molecule has 19 heavy (non-hydrogen) atoms. The Morgan fingerprint density at radius 1 is 1.26 bits per heavy atom. The molecule has 0 aliphatic rings. The quantitative estimate of drug-likeness (QED) is 0.896. The highest BCUT2D eigenvalue weighted by atomic mass is 79.9. The van der Waals surface area contributed by atoms with Gasteiger partial charge >= 0.3 is 0 Å². The van der Waals surface area contributed by atoms with E-state index in [2.05, 4.69) is 31.0 Å². The van der Waals surface area contributed by atoms with E-state index in [1.54, 1.807) is 31.3 Å². The highest BCUT2D eigenvalue weighted by Crippen LogP contribution is 2.23. The first kappa shape index (κ1) is 13.8. The van der Waals surface area contributed by atoms with Crippen LogP contribution in [-0.4, -0.2) is 20.4 Å². The highest BCUT2D eigenvalue weighted by molar-refractivity contribution is 9.10. The lowest BCUT2D eigenvalue weighted by molar-refractivity contribution is 0.601. The van der Waals surface area contributed by atoms with Crippen LogP contribution in [-0.2, 0) is 10.0 Å². The fourth-order valence-corrected chi connectivity index (χ4v) is 3.17. The molecule has 0 saturated heterocycles. The Bertz CT molecular complexity index is 689. The van der Waals surface area contributed by atoms with E-state index >= 15 is 0 Å². The van der Waals surface area contributed by atoms with Crippen molar-refractivity contribution in [3.05, 3.63) is 47.2 Å². The zero-order valence-electron chi connectivity index (χ0n) is 10.1. The van der Waals surface area contributed by atoms with Crippen LogP contribution in [0.25, 0.3) is 0 Å². The van der Waals surface area contributed by atoms with E-state index in [1.165, 1.54) is 12.4 Å². The van der Waals surface area contributed by atoms with Gasteiger partial charge in [0.15, 0.2) is 0 Å². The number of halogens is 1. The maximum Gasteiger partial charge on any atom is 0.265 e. The van der Waals surface area contributed by atoms with Crippen LogP contribution in [0.15, 0.2) is 52.1 Å². The van der Waals surface area contributed by atoms with Crippen LogP contribution in [0, 0.1) is 0 Å². The zero-order valence-corrected chi connectivity index (χ0v) is 12.5. The number of hydrogen-bond acceptors (Lipinski definition) is 4. The summed E-state index contributed by atoms with van der Waals surface area (Å²) in [5.41, 5.74) is 0.984. The number of aromatic nitrogens is 1. The minimum atomic E-state index is -3.67. The number of nitrogens with one attached hydrogen (secondary N) is 2. The standard InChI is InChI=1S/C12H12BrN3O2S/c1-14-11-5-6-15-8-12(11)19(17,18)16-10-4-2-3-9(13)7-10/h2-8,16H,1H3,(H,14,15). The fraction of sp³-hybridized carbons (Fsp3) is 0.0833. The monoisotopic (exact) mass is 341 g/mol. The predicted molar refractivity (Wildman–Crippen MR) is 78.7 cm³/mol. The first-order valence-corrected chi connectivity index (χ1v) is 7.71. The number of hydrogen-bond donors (Lipinski definition) is 2. The molecule has 100 valence electrons. The molecule has 0 saturated carbocycles. The van der Waals surface area contributed by atoms with Crippen molar-refractivity contribution in [3.8, 4) is 0 Å². The third-order valence-corrected chi connectivity index (χ3v) is 4.32. The highest BCUT2D eigenvalue weighted by Gasteiger charge is 2.18. The van der Waals surface area contributed by atoms with Crippen molar-refractivity contribution in [2.24, 2.45) is 0 Å². The molecule has 7 heteroatoms. The molecule has 2 N–H and O–H groups in total. The van der Waals surface area contributed by atoms with Crippen molar-refractivity contribution >= 4 is 37.3 Å². The molecular weight excluding hydrogens is 330 g/mol. The Morgan fingerprint density at radius 2 is 2.05 bits per heavy atom. The summed E-state index contributed by atoms with van der Waals surface area (Å²) >= 11 is 3.29. The molecule has 1 aromatic heterocycles. The Hall–Kier alpha value is -1.60. The molecule has 0 fully saturated rings. The maximum atomic E-state index is 12.3. The first-order chi connectivity index (χ1) is 9.03. The summed E-state index contributed by atoms with van der Waals surface area (Å²) in [5, 5.41) is 2.83. The Morgan fingerprint density at radius 3 is 2.74 bits per heavy atom. The maximum absolute atomic E-state index is 12.3. The first-order valence-electron chi connectivity index (χ1n) is 5.43. The van der Waals surface area contributed by atoms with Crippen molar-refractivity contribution < 1.29 is 8.42 Å². The van der Waals surface area contributed by atoms with Gasteiger partial charge in [0.25, 0.3) is 10.0 Å². The van der Waals surface area contributed by atoms with E-state index in [0.29, 0.717) is 11.4 Å². The molecule has 2 aromatic rings. The summed E-state index contributed by atoms with van der Waals surface area (Å²) in [7, 11) is -2.01. The normalized spacial score (nSPS) is 11.1. The average Bonchev–Trinajstić information content (AvgIpc) is 2.38. The molecule has 1 aromatic carbocycles. The Kier molecular flexibility index (Phi) is 4.06. The molecule has 0 aliphatic heterocycles. The van der Waals surface area contributed by atoms with E-state index in [1.807, 2.05) is 6.07 Å². The van der Waals surface area contributed by atoms with Gasteiger partial charge in [-0.25, -0.2) is 8.42 Å². The molecular formula is C12H12BrN3O2S. The number of sulfonamides is 1. The van der Waals surface area contributed by atoms with Crippen LogP contribution >= 0.6 is 15.9 Å². The van der Waals surface area contributed by atoms with Crippen molar-refractivity contribution in [2.75, 3.05) is 17.1 Å².